The number of hydrogen-bond acceptors (Lipinski definition) is 7. The van der Waals surface area contributed by atoms with Crippen molar-refractivity contribution in [2.45, 2.75) is 93.4 Å². The minimum absolute atomic E-state index is 0.0699. The van der Waals surface area contributed by atoms with Crippen LogP contribution in [0.5, 0.6) is 0 Å². The molecule has 3 amide bonds. The Morgan fingerprint density at radius 1 is 1.17 bits per heavy atom. The summed E-state index contributed by atoms with van der Waals surface area (Å²) in [7, 11) is 0. The van der Waals surface area contributed by atoms with Crippen LogP contribution in [0.4, 0.5) is 0 Å². The van der Waals surface area contributed by atoms with E-state index in [0.29, 0.717) is 50.9 Å². The topological polar surface area (TPSA) is 125 Å². The zero-order chi connectivity index (χ0) is 34.0. The highest BCUT2D eigenvalue weighted by Crippen LogP contribution is 2.60. The van der Waals surface area contributed by atoms with E-state index in [0.717, 1.165) is 25.7 Å². The molecule has 11 heteroatoms. The van der Waals surface area contributed by atoms with E-state index < -0.39 is 41.7 Å². The Labute approximate surface area is 287 Å². The van der Waals surface area contributed by atoms with Crippen molar-refractivity contribution in [3.63, 3.8) is 0 Å². The van der Waals surface area contributed by atoms with Crippen molar-refractivity contribution in [1.29, 1.82) is 0 Å². The number of alkyl halides is 1. The summed E-state index contributed by atoms with van der Waals surface area (Å²) in [4.78, 5) is 58.6. The number of nitrogens with zero attached hydrogens (tertiary/aromatic N) is 2. The van der Waals surface area contributed by atoms with Crippen molar-refractivity contribution in [3.8, 4) is 0 Å². The summed E-state index contributed by atoms with van der Waals surface area (Å²) in [6.45, 7) is 11.0. The maximum absolute atomic E-state index is 14.4. The second-order valence-electron chi connectivity index (χ2n) is 12.7. The molecule has 1 aromatic carbocycles. The lowest BCUT2D eigenvalue weighted by Gasteiger charge is -2.37. The fourth-order valence-corrected chi connectivity index (χ4v) is 8.22. The van der Waals surface area contributed by atoms with Gasteiger partial charge in [0, 0.05) is 37.5 Å². The number of nitrogens with one attached hydrogen (secondary N) is 1. The van der Waals surface area contributed by atoms with Gasteiger partial charge in [0.2, 0.25) is 17.7 Å². The standard InChI is InChI=1S/C36H50BrN3O7/c1-4-7-18-28(42)38-24-27(25-16-12-11-13-17-25)46-35(45)29-30-33(43)40(21-14-9-10-15-22-41)32(36(30)23-26(37)31(29)47-36)34(44)39(19-6-3)20-8-5-2/h4,6,11-13,16-17,26-27,29-32,41H,1,3,5,7-10,14-15,18-24H2,2H3,(H,38,42)/t26?,27-,29-,30+,31-,32-,36+/m1/s1. The molecule has 0 aliphatic carbocycles. The van der Waals surface area contributed by atoms with Crippen molar-refractivity contribution >= 4 is 39.6 Å². The molecule has 10 nitrogen and oxygen atoms in total. The Bertz CT molecular complexity index is 1260. The van der Waals surface area contributed by atoms with Crippen molar-refractivity contribution in [1.82, 2.24) is 15.1 Å². The third kappa shape index (κ3) is 8.17. The predicted octanol–water partition coefficient (Wildman–Crippen LogP) is 4.47. The molecule has 3 aliphatic rings. The van der Waals surface area contributed by atoms with Crippen LogP contribution in [0.25, 0.3) is 0 Å². The van der Waals surface area contributed by atoms with Gasteiger partial charge in [-0.15, -0.1) is 13.2 Å². The number of hydrogen-bond donors (Lipinski definition) is 2. The predicted molar refractivity (Wildman–Crippen MR) is 182 cm³/mol. The van der Waals surface area contributed by atoms with Crippen molar-refractivity contribution in [3.05, 3.63) is 61.2 Å². The van der Waals surface area contributed by atoms with E-state index in [1.807, 2.05) is 30.3 Å². The SMILES string of the molecule is C=CCCC(=O)NC[C@@H](OC(=O)[C@H]1[C@@H]2O[C@@]3(CC2Br)[C@@H]1C(=O)N(CCCCCCO)[C@@H]3C(=O)N(CC=C)CCCC)c1ccccc1. The average Bonchev–Trinajstić information content (AvgIpc) is 3.66. The Morgan fingerprint density at radius 3 is 2.60 bits per heavy atom. The van der Waals surface area contributed by atoms with E-state index in [-0.39, 0.29) is 42.1 Å². The minimum atomic E-state index is -1.19. The van der Waals surface area contributed by atoms with Crippen LogP contribution in [0, 0.1) is 11.8 Å². The van der Waals surface area contributed by atoms with Crippen LogP contribution in [-0.4, -0.2) is 94.0 Å². The fraction of sp³-hybridized carbons (Fsp3) is 0.611. The Hall–Kier alpha value is -3.02. The monoisotopic (exact) mass is 715 g/mol. The largest absolute Gasteiger partial charge is 0.455 e. The quantitative estimate of drug-likeness (QED) is 0.0884. The van der Waals surface area contributed by atoms with Crippen LogP contribution >= 0.6 is 15.9 Å². The van der Waals surface area contributed by atoms with Crippen LogP contribution < -0.4 is 5.32 Å². The number of amides is 3. The van der Waals surface area contributed by atoms with Gasteiger partial charge in [-0.1, -0.05) is 84.6 Å². The molecular formula is C36H50BrN3O7. The molecule has 47 heavy (non-hydrogen) atoms. The zero-order valence-electron chi connectivity index (χ0n) is 27.5. The average molecular weight is 717 g/mol. The number of benzene rings is 1. The van der Waals surface area contributed by atoms with E-state index in [4.69, 9.17) is 9.47 Å². The number of carbonyl (C=O) groups excluding carboxylic acids is 4. The van der Waals surface area contributed by atoms with Gasteiger partial charge < -0.3 is 29.7 Å². The molecule has 0 radical (unpaired) electrons. The Balaban J connectivity index is 1.63. The molecule has 1 unspecified atom stereocenters. The number of fused-ring (bicyclic) bond motifs is 1. The summed E-state index contributed by atoms with van der Waals surface area (Å²) >= 11 is 3.74. The summed E-state index contributed by atoms with van der Waals surface area (Å²) in [5, 5.41) is 12.1. The lowest BCUT2D eigenvalue weighted by atomic mass is 9.70. The molecule has 1 spiro atoms. The highest BCUT2D eigenvalue weighted by atomic mass is 79.9. The van der Waals surface area contributed by atoms with E-state index in [9.17, 15) is 24.3 Å². The molecule has 3 aliphatic heterocycles. The van der Waals surface area contributed by atoms with E-state index in [1.165, 1.54) is 0 Å². The smallest absolute Gasteiger partial charge is 0.313 e. The number of aliphatic hydroxyl groups excluding tert-OH is 1. The molecule has 2 N–H and O–H groups in total. The molecular weight excluding hydrogens is 666 g/mol. The second-order valence-corrected chi connectivity index (χ2v) is 13.9. The number of unbranched alkanes of at least 4 members (excludes halogenated alkanes) is 4. The number of carbonyl (C=O) groups is 4. The van der Waals surface area contributed by atoms with Gasteiger partial charge in [0.1, 0.15) is 17.7 Å². The highest BCUT2D eigenvalue weighted by Gasteiger charge is 2.77. The molecule has 1 aromatic rings. The molecule has 3 fully saturated rings. The number of allylic oxidation sites excluding steroid dienone is 1. The summed E-state index contributed by atoms with van der Waals surface area (Å²) in [6.07, 6.45) is 7.79. The van der Waals surface area contributed by atoms with Crippen LogP contribution in [0.3, 0.4) is 0 Å². The van der Waals surface area contributed by atoms with Crippen molar-refractivity contribution < 1.29 is 33.8 Å². The lowest BCUT2D eigenvalue weighted by molar-refractivity contribution is -0.160. The van der Waals surface area contributed by atoms with E-state index in [2.05, 4.69) is 41.3 Å². The third-order valence-electron chi connectivity index (χ3n) is 9.54. The molecule has 4 rings (SSSR count). The summed E-state index contributed by atoms with van der Waals surface area (Å²) in [5.74, 6) is -3.03. The minimum Gasteiger partial charge on any atom is -0.455 e. The third-order valence-corrected chi connectivity index (χ3v) is 10.4. The first kappa shape index (κ1) is 36.8. The van der Waals surface area contributed by atoms with Crippen LogP contribution in [0.15, 0.2) is 55.6 Å². The Kier molecular flexibility index (Phi) is 13.6. The highest BCUT2D eigenvalue weighted by molar-refractivity contribution is 9.09. The molecule has 3 heterocycles. The van der Waals surface area contributed by atoms with E-state index >= 15 is 0 Å². The fourth-order valence-electron chi connectivity index (χ4n) is 7.28. The first-order valence-electron chi connectivity index (χ1n) is 17.0. The van der Waals surface area contributed by atoms with Crippen molar-refractivity contribution in [2.75, 3.05) is 32.8 Å². The lowest BCUT2D eigenvalue weighted by Crippen LogP contribution is -2.57. The second kappa shape index (κ2) is 17.4. The van der Waals surface area contributed by atoms with Gasteiger partial charge in [0.25, 0.3) is 0 Å². The number of esters is 1. The number of halogens is 1. The van der Waals surface area contributed by atoms with Gasteiger partial charge in [-0.2, -0.15) is 0 Å². The Morgan fingerprint density at radius 2 is 1.91 bits per heavy atom. The molecule has 0 aromatic heterocycles. The molecule has 3 saturated heterocycles. The summed E-state index contributed by atoms with van der Waals surface area (Å²) in [6, 6.07) is 8.31. The van der Waals surface area contributed by atoms with E-state index in [1.54, 1.807) is 22.0 Å². The number of ether oxygens (including phenoxy) is 2. The molecule has 7 atom stereocenters. The van der Waals surface area contributed by atoms with Gasteiger partial charge in [-0.05, 0) is 37.7 Å². The maximum atomic E-state index is 14.4. The summed E-state index contributed by atoms with van der Waals surface area (Å²) in [5.41, 5.74) is -0.473. The first-order chi connectivity index (χ1) is 22.7. The number of aliphatic hydroxyl groups is 1. The van der Waals surface area contributed by atoms with Gasteiger partial charge in [-0.3, -0.25) is 19.2 Å². The number of likely N-dealkylation sites (tertiary alicyclic amines) is 1. The molecule has 0 saturated carbocycles. The van der Waals surface area contributed by atoms with Crippen LogP contribution in [0.1, 0.15) is 76.4 Å². The van der Waals surface area contributed by atoms with Gasteiger partial charge in [0.05, 0.1) is 24.5 Å². The van der Waals surface area contributed by atoms with Gasteiger partial charge >= 0.3 is 5.97 Å². The first-order valence-corrected chi connectivity index (χ1v) is 17.9. The van der Waals surface area contributed by atoms with Gasteiger partial charge in [0.15, 0.2) is 0 Å². The molecule has 2 bridgehead atoms. The molecule has 258 valence electrons. The van der Waals surface area contributed by atoms with Crippen LogP contribution in [-0.2, 0) is 28.7 Å². The number of rotatable bonds is 20. The zero-order valence-corrected chi connectivity index (χ0v) is 29.1. The van der Waals surface area contributed by atoms with Crippen LogP contribution in [0.2, 0.25) is 0 Å². The van der Waals surface area contributed by atoms with Gasteiger partial charge in [-0.25, -0.2) is 0 Å². The summed E-state index contributed by atoms with van der Waals surface area (Å²) < 4.78 is 12.8. The maximum Gasteiger partial charge on any atom is 0.313 e. The normalized spacial score (nSPS) is 26.5. The van der Waals surface area contributed by atoms with Crippen molar-refractivity contribution in [2.24, 2.45) is 11.8 Å².